The zero-order valence-corrected chi connectivity index (χ0v) is 4.81. The summed E-state index contributed by atoms with van der Waals surface area (Å²) in [4.78, 5) is 9.35. The van der Waals surface area contributed by atoms with E-state index < -0.39 is 15.9 Å². The fourth-order valence-corrected chi connectivity index (χ4v) is 0.512. The van der Waals surface area contributed by atoms with Gasteiger partial charge in [-0.15, -0.1) is 0 Å². The molecule has 0 spiro atoms. The molecule has 1 radical (unpaired) electrons. The molecule has 0 aliphatic rings. The van der Waals surface area contributed by atoms with E-state index in [-0.39, 0.29) is 6.42 Å². The average Bonchev–Trinajstić information content (AvgIpc) is 1.59. The van der Waals surface area contributed by atoms with Crippen molar-refractivity contribution >= 4 is 16.4 Å². The van der Waals surface area contributed by atoms with E-state index in [0.717, 1.165) is 0 Å². The van der Waals surface area contributed by atoms with Crippen LogP contribution in [0.1, 0.15) is 6.42 Å². The molecule has 0 saturated carbocycles. The Bertz CT molecular complexity index is 156. The lowest BCUT2D eigenvalue weighted by Gasteiger charge is -1.85. The highest BCUT2D eigenvalue weighted by molar-refractivity contribution is 7.85. The van der Waals surface area contributed by atoms with Crippen molar-refractivity contribution in [2.45, 2.75) is 6.42 Å². The van der Waals surface area contributed by atoms with Crippen molar-refractivity contribution in [2.24, 2.45) is 0 Å². The Kier molecular flexibility index (Phi) is 2.64. The highest BCUT2D eigenvalue weighted by atomic mass is 32.2. The highest BCUT2D eigenvalue weighted by Crippen LogP contribution is 1.82. The van der Waals surface area contributed by atoms with Crippen molar-refractivity contribution < 1.29 is 17.8 Å². The van der Waals surface area contributed by atoms with Gasteiger partial charge in [0.15, 0.2) is 6.29 Å². The zero-order valence-electron chi connectivity index (χ0n) is 3.99. The molecule has 0 heterocycles. The second-order valence-electron chi connectivity index (χ2n) is 1.18. The van der Waals surface area contributed by atoms with Crippen LogP contribution in [0.3, 0.4) is 0 Å². The molecule has 0 aromatic heterocycles. The van der Waals surface area contributed by atoms with Crippen LogP contribution in [0.2, 0.25) is 0 Å². The first-order chi connectivity index (χ1) is 3.56. The van der Waals surface area contributed by atoms with Crippen LogP contribution in [0.4, 0.5) is 0 Å². The van der Waals surface area contributed by atoms with Crippen molar-refractivity contribution in [3.05, 3.63) is 0 Å². The van der Waals surface area contributed by atoms with Crippen LogP contribution >= 0.6 is 0 Å². The van der Waals surface area contributed by atoms with Gasteiger partial charge >= 0.3 is 0 Å². The zero-order chi connectivity index (χ0) is 6.62. The summed E-state index contributed by atoms with van der Waals surface area (Å²) in [6.45, 7) is 0. The lowest BCUT2D eigenvalue weighted by molar-refractivity contribution is 0.482. The summed E-state index contributed by atoms with van der Waals surface area (Å²) in [6, 6.07) is 0. The molecular formula is C3H5O4S. The Morgan fingerprint density at radius 2 is 2.00 bits per heavy atom. The third kappa shape index (κ3) is 5.58. The van der Waals surface area contributed by atoms with Crippen LogP contribution in [0.5, 0.6) is 0 Å². The summed E-state index contributed by atoms with van der Waals surface area (Å²) in [5, 5.41) is 0. The Morgan fingerprint density at radius 3 is 2.12 bits per heavy atom. The van der Waals surface area contributed by atoms with Crippen molar-refractivity contribution in [3.63, 3.8) is 0 Å². The van der Waals surface area contributed by atoms with Gasteiger partial charge in [0.1, 0.15) is 0 Å². The van der Waals surface area contributed by atoms with Gasteiger partial charge in [-0.25, -0.2) is 0 Å². The maximum Gasteiger partial charge on any atom is 0.265 e. The van der Waals surface area contributed by atoms with Gasteiger partial charge in [-0.1, -0.05) is 0 Å². The fraction of sp³-hybridized carbons (Fsp3) is 0.667. The van der Waals surface area contributed by atoms with Gasteiger partial charge < -0.3 is 0 Å². The molecule has 0 atom stereocenters. The smallest absolute Gasteiger partial charge is 0.265 e. The van der Waals surface area contributed by atoms with Crippen LogP contribution in [0.25, 0.3) is 0 Å². The van der Waals surface area contributed by atoms with Crippen LogP contribution in [-0.2, 0) is 14.9 Å². The summed E-state index contributed by atoms with van der Waals surface area (Å²) in [5.41, 5.74) is 0. The molecule has 0 aromatic carbocycles. The average molecular weight is 137 g/mol. The summed E-state index contributed by atoms with van der Waals surface area (Å²) in [5.74, 6) is -0.531. The van der Waals surface area contributed by atoms with Gasteiger partial charge in [-0.3, -0.25) is 9.35 Å². The molecule has 0 amide bonds. The summed E-state index contributed by atoms with van der Waals surface area (Å²) >= 11 is 0. The lowest BCUT2D eigenvalue weighted by atomic mass is 10.6. The van der Waals surface area contributed by atoms with E-state index in [4.69, 9.17) is 4.55 Å². The molecule has 8 heavy (non-hydrogen) atoms. The number of rotatable bonds is 3. The van der Waals surface area contributed by atoms with Crippen molar-refractivity contribution in [1.82, 2.24) is 0 Å². The number of carbonyl (C=O) groups excluding carboxylic acids is 1. The quantitative estimate of drug-likeness (QED) is 0.526. The van der Waals surface area contributed by atoms with Crippen LogP contribution < -0.4 is 0 Å². The Balaban J connectivity index is 3.57. The lowest BCUT2D eigenvalue weighted by Crippen LogP contribution is -2.03. The SMILES string of the molecule is O=[C]CCS(=O)(=O)O. The van der Waals surface area contributed by atoms with E-state index in [1.807, 2.05) is 0 Å². The van der Waals surface area contributed by atoms with E-state index in [0.29, 0.717) is 0 Å². The fourth-order valence-electron chi connectivity index (χ4n) is 0.171. The first-order valence-corrected chi connectivity index (χ1v) is 3.47. The predicted molar refractivity (Wildman–Crippen MR) is 26.7 cm³/mol. The van der Waals surface area contributed by atoms with Crippen molar-refractivity contribution in [3.8, 4) is 0 Å². The molecule has 1 N–H and O–H groups in total. The Morgan fingerprint density at radius 1 is 1.50 bits per heavy atom. The largest absolute Gasteiger partial charge is 0.291 e. The molecular weight excluding hydrogens is 132 g/mol. The molecule has 0 bridgehead atoms. The molecule has 0 aliphatic heterocycles. The summed E-state index contributed by atoms with van der Waals surface area (Å²) in [6.07, 6.45) is 1.07. The third-order valence-electron chi connectivity index (χ3n) is 0.462. The molecule has 5 heteroatoms. The van der Waals surface area contributed by atoms with E-state index in [1.54, 1.807) is 0 Å². The minimum atomic E-state index is -3.95. The van der Waals surface area contributed by atoms with Crippen molar-refractivity contribution in [2.75, 3.05) is 5.75 Å². The van der Waals surface area contributed by atoms with Gasteiger partial charge in [0.25, 0.3) is 10.1 Å². The molecule has 0 aromatic rings. The van der Waals surface area contributed by atoms with Gasteiger partial charge in [0, 0.05) is 6.42 Å². The molecule has 0 fully saturated rings. The van der Waals surface area contributed by atoms with E-state index >= 15 is 0 Å². The van der Waals surface area contributed by atoms with Crippen LogP contribution in [0, 0.1) is 0 Å². The number of hydrogen-bond donors (Lipinski definition) is 1. The van der Waals surface area contributed by atoms with Gasteiger partial charge in [-0.2, -0.15) is 8.42 Å². The molecule has 47 valence electrons. The van der Waals surface area contributed by atoms with Gasteiger partial charge in [-0.05, 0) is 0 Å². The second kappa shape index (κ2) is 2.78. The molecule has 0 rings (SSSR count). The van der Waals surface area contributed by atoms with Gasteiger partial charge in [0.05, 0.1) is 5.75 Å². The minimum Gasteiger partial charge on any atom is -0.291 e. The Hall–Kier alpha value is -0.420. The maximum atomic E-state index is 9.77. The van der Waals surface area contributed by atoms with Gasteiger partial charge in [0.2, 0.25) is 0 Å². The monoisotopic (exact) mass is 137 g/mol. The van der Waals surface area contributed by atoms with E-state index in [2.05, 4.69) is 0 Å². The summed E-state index contributed by atoms with van der Waals surface area (Å²) in [7, 11) is -3.95. The summed E-state index contributed by atoms with van der Waals surface area (Å²) < 4.78 is 27.5. The van der Waals surface area contributed by atoms with Crippen molar-refractivity contribution in [1.29, 1.82) is 0 Å². The first kappa shape index (κ1) is 7.58. The first-order valence-electron chi connectivity index (χ1n) is 1.86. The van der Waals surface area contributed by atoms with Crippen LogP contribution in [-0.4, -0.2) is 25.0 Å². The van der Waals surface area contributed by atoms with E-state index in [1.165, 1.54) is 6.29 Å². The minimum absolute atomic E-state index is 0.265. The third-order valence-corrected chi connectivity index (χ3v) is 1.18. The molecule has 0 aliphatic carbocycles. The van der Waals surface area contributed by atoms with Crippen LogP contribution in [0.15, 0.2) is 0 Å². The molecule has 4 nitrogen and oxygen atoms in total. The topological polar surface area (TPSA) is 71.4 Å². The molecule has 0 saturated heterocycles. The molecule has 0 unspecified atom stereocenters. The highest BCUT2D eigenvalue weighted by Gasteiger charge is 2.01. The van der Waals surface area contributed by atoms with E-state index in [9.17, 15) is 13.2 Å². The second-order valence-corrected chi connectivity index (χ2v) is 2.75. The normalized spacial score (nSPS) is 11.1. The predicted octanol–water partition coefficient (Wildman–Crippen LogP) is -0.626. The standard InChI is InChI=1S/C3H5O4S/c4-2-1-3-8(5,6)7/h1,3H2,(H,5,6,7). The number of hydrogen-bond acceptors (Lipinski definition) is 3. The Labute approximate surface area is 47.3 Å². The maximum absolute atomic E-state index is 9.77.